The van der Waals surface area contributed by atoms with E-state index in [9.17, 15) is 4.79 Å². The summed E-state index contributed by atoms with van der Waals surface area (Å²) < 4.78 is 13.4. The minimum absolute atomic E-state index is 0.0555. The molecule has 0 bridgehead atoms. The van der Waals surface area contributed by atoms with E-state index in [0.29, 0.717) is 13.2 Å². The molecule has 6 nitrogen and oxygen atoms in total. The van der Waals surface area contributed by atoms with Gasteiger partial charge in [0.25, 0.3) is 0 Å². The first kappa shape index (κ1) is 15.7. The number of aromatic nitrogens is 2. The molecule has 0 radical (unpaired) electrons. The summed E-state index contributed by atoms with van der Waals surface area (Å²) in [5, 5.41) is 7.27. The molecule has 0 saturated carbocycles. The largest absolute Gasteiger partial charge is 0.486 e. The van der Waals surface area contributed by atoms with E-state index < -0.39 is 0 Å². The lowest BCUT2D eigenvalue weighted by Gasteiger charge is -2.26. The fourth-order valence-electron chi connectivity index (χ4n) is 3.17. The number of hydrogen-bond acceptors (Lipinski definition) is 4. The highest BCUT2D eigenvalue weighted by atomic mass is 16.6. The highest BCUT2D eigenvalue weighted by Gasteiger charge is 2.22. The van der Waals surface area contributed by atoms with Crippen LogP contribution in [-0.2, 0) is 11.3 Å². The van der Waals surface area contributed by atoms with Crippen LogP contribution >= 0.6 is 0 Å². The molecule has 0 spiro atoms. The number of para-hydroxylation sites is 2. The van der Waals surface area contributed by atoms with Crippen LogP contribution in [0.15, 0.2) is 48.8 Å². The molecule has 1 amide bonds. The van der Waals surface area contributed by atoms with E-state index in [-0.39, 0.29) is 17.9 Å². The molecule has 6 heteroatoms. The molecule has 1 aliphatic carbocycles. The Hall–Kier alpha value is -2.76. The van der Waals surface area contributed by atoms with Crippen molar-refractivity contribution >= 4 is 11.6 Å². The predicted octanol–water partition coefficient (Wildman–Crippen LogP) is 3.02. The maximum Gasteiger partial charge on any atom is 0.227 e. The summed E-state index contributed by atoms with van der Waals surface area (Å²) in [5.74, 6) is 1.65. The van der Waals surface area contributed by atoms with Gasteiger partial charge in [-0.1, -0.05) is 24.3 Å². The van der Waals surface area contributed by atoms with Gasteiger partial charge in [0.2, 0.25) is 5.91 Å². The van der Waals surface area contributed by atoms with E-state index in [1.165, 1.54) is 0 Å². The average molecular weight is 339 g/mol. The summed E-state index contributed by atoms with van der Waals surface area (Å²) in [6.07, 6.45) is 10.3. The van der Waals surface area contributed by atoms with E-state index in [1.807, 2.05) is 30.5 Å². The number of carbonyl (C=O) groups excluding carboxylic acids is 1. The molecule has 2 aromatic rings. The van der Waals surface area contributed by atoms with E-state index in [1.54, 1.807) is 10.9 Å². The molecule has 2 atom stereocenters. The van der Waals surface area contributed by atoms with Crippen LogP contribution in [0.3, 0.4) is 0 Å². The number of nitrogens with zero attached hydrogens (tertiary/aromatic N) is 2. The number of anilines is 1. The van der Waals surface area contributed by atoms with Crippen LogP contribution in [0, 0.1) is 5.92 Å². The number of rotatable bonds is 4. The van der Waals surface area contributed by atoms with Gasteiger partial charge in [0, 0.05) is 12.1 Å². The Balaban J connectivity index is 1.34. The van der Waals surface area contributed by atoms with Crippen LogP contribution in [0.2, 0.25) is 0 Å². The topological polar surface area (TPSA) is 65.4 Å². The van der Waals surface area contributed by atoms with Gasteiger partial charge in [-0.25, -0.2) is 0 Å². The Kier molecular flexibility index (Phi) is 4.41. The normalized spacial score (nSPS) is 21.8. The second kappa shape index (κ2) is 7.01. The zero-order valence-corrected chi connectivity index (χ0v) is 13.9. The molecule has 1 aromatic carbocycles. The zero-order chi connectivity index (χ0) is 17.1. The number of ether oxygens (including phenoxy) is 2. The minimum atomic E-state index is -0.109. The van der Waals surface area contributed by atoms with Crippen molar-refractivity contribution in [2.45, 2.75) is 31.9 Å². The maximum atomic E-state index is 12.3. The first-order valence-electron chi connectivity index (χ1n) is 8.65. The fourth-order valence-corrected chi connectivity index (χ4v) is 3.17. The van der Waals surface area contributed by atoms with Gasteiger partial charge < -0.3 is 14.8 Å². The molecule has 0 fully saturated rings. The molecule has 130 valence electrons. The number of nitrogens with one attached hydrogen (secondary N) is 1. The van der Waals surface area contributed by atoms with Gasteiger partial charge in [-0.3, -0.25) is 9.48 Å². The first-order valence-corrected chi connectivity index (χ1v) is 8.65. The van der Waals surface area contributed by atoms with Gasteiger partial charge in [-0.05, 0) is 31.4 Å². The van der Waals surface area contributed by atoms with Crippen molar-refractivity contribution in [1.29, 1.82) is 0 Å². The summed E-state index contributed by atoms with van der Waals surface area (Å²) in [6.45, 7) is 1.04. The summed E-state index contributed by atoms with van der Waals surface area (Å²) >= 11 is 0. The van der Waals surface area contributed by atoms with Crippen molar-refractivity contribution in [3.8, 4) is 11.5 Å². The standard InChI is InChI=1S/C19H21N3O3/c23-19(14-6-2-1-3-7-14)21-15-10-20-22(11-15)12-16-13-24-17-8-4-5-9-18(17)25-16/h1-2,4-5,8-11,14,16H,3,6-7,12-13H2,(H,21,23). The number of carbonyl (C=O) groups is 1. The number of allylic oxidation sites excluding steroid dienone is 2. The Bertz CT molecular complexity index is 784. The van der Waals surface area contributed by atoms with Crippen LogP contribution in [0.25, 0.3) is 0 Å². The molecule has 4 rings (SSSR count). The van der Waals surface area contributed by atoms with Crippen molar-refractivity contribution in [3.63, 3.8) is 0 Å². The number of fused-ring (bicyclic) bond motifs is 1. The van der Waals surface area contributed by atoms with E-state index in [2.05, 4.69) is 22.6 Å². The highest BCUT2D eigenvalue weighted by Crippen LogP contribution is 2.31. The van der Waals surface area contributed by atoms with E-state index in [4.69, 9.17) is 9.47 Å². The second-order valence-electron chi connectivity index (χ2n) is 6.42. The summed E-state index contributed by atoms with van der Waals surface area (Å²) in [5.41, 5.74) is 0.719. The third-order valence-electron chi connectivity index (χ3n) is 4.50. The van der Waals surface area contributed by atoms with Crippen LogP contribution in [0.5, 0.6) is 11.5 Å². The Morgan fingerprint density at radius 1 is 1.28 bits per heavy atom. The van der Waals surface area contributed by atoms with Gasteiger partial charge in [-0.2, -0.15) is 5.10 Å². The van der Waals surface area contributed by atoms with Crippen LogP contribution in [0.4, 0.5) is 5.69 Å². The van der Waals surface area contributed by atoms with Gasteiger partial charge >= 0.3 is 0 Å². The third-order valence-corrected chi connectivity index (χ3v) is 4.50. The zero-order valence-electron chi connectivity index (χ0n) is 13.9. The molecular weight excluding hydrogens is 318 g/mol. The lowest BCUT2D eigenvalue weighted by atomic mass is 9.94. The average Bonchev–Trinajstić information content (AvgIpc) is 3.09. The minimum Gasteiger partial charge on any atom is -0.486 e. The molecule has 2 heterocycles. The van der Waals surface area contributed by atoms with Crippen LogP contribution in [0.1, 0.15) is 19.3 Å². The molecule has 0 saturated heterocycles. The summed E-state index contributed by atoms with van der Waals surface area (Å²) in [6, 6.07) is 7.64. The SMILES string of the molecule is O=C(Nc1cnn(CC2COc3ccccc3O2)c1)C1CC=CCC1. The van der Waals surface area contributed by atoms with E-state index in [0.717, 1.165) is 36.4 Å². The second-order valence-corrected chi connectivity index (χ2v) is 6.42. The number of amides is 1. The molecule has 2 aliphatic rings. The molecule has 25 heavy (non-hydrogen) atoms. The van der Waals surface area contributed by atoms with Gasteiger partial charge in [0.15, 0.2) is 17.6 Å². The quantitative estimate of drug-likeness (QED) is 0.870. The van der Waals surface area contributed by atoms with Gasteiger partial charge in [0.1, 0.15) is 6.61 Å². The molecule has 1 aromatic heterocycles. The molecule has 2 unspecified atom stereocenters. The lowest BCUT2D eigenvalue weighted by Crippen LogP contribution is -2.33. The van der Waals surface area contributed by atoms with Crippen molar-refractivity contribution in [3.05, 3.63) is 48.8 Å². The van der Waals surface area contributed by atoms with Crippen molar-refractivity contribution in [1.82, 2.24) is 9.78 Å². The third kappa shape index (κ3) is 3.68. The van der Waals surface area contributed by atoms with Gasteiger partial charge in [0.05, 0.1) is 18.4 Å². The van der Waals surface area contributed by atoms with Crippen LogP contribution < -0.4 is 14.8 Å². The smallest absolute Gasteiger partial charge is 0.227 e. The Morgan fingerprint density at radius 3 is 3.00 bits per heavy atom. The van der Waals surface area contributed by atoms with Gasteiger partial charge in [-0.15, -0.1) is 0 Å². The van der Waals surface area contributed by atoms with E-state index >= 15 is 0 Å². The fraction of sp³-hybridized carbons (Fsp3) is 0.368. The maximum absolute atomic E-state index is 12.3. The Morgan fingerprint density at radius 2 is 2.16 bits per heavy atom. The summed E-state index contributed by atoms with van der Waals surface area (Å²) in [4.78, 5) is 12.3. The first-order chi connectivity index (χ1) is 12.3. The monoisotopic (exact) mass is 339 g/mol. The summed E-state index contributed by atoms with van der Waals surface area (Å²) in [7, 11) is 0. The van der Waals surface area contributed by atoms with Crippen LogP contribution in [-0.4, -0.2) is 28.4 Å². The van der Waals surface area contributed by atoms with Crippen molar-refractivity contribution in [2.24, 2.45) is 5.92 Å². The molecular formula is C19H21N3O3. The van der Waals surface area contributed by atoms with Crippen molar-refractivity contribution < 1.29 is 14.3 Å². The van der Waals surface area contributed by atoms with Crippen molar-refractivity contribution in [2.75, 3.05) is 11.9 Å². The number of hydrogen-bond donors (Lipinski definition) is 1. The highest BCUT2D eigenvalue weighted by molar-refractivity contribution is 5.92. The molecule has 1 aliphatic heterocycles. The predicted molar refractivity (Wildman–Crippen MR) is 93.7 cm³/mol. The Labute approximate surface area is 146 Å². The lowest BCUT2D eigenvalue weighted by molar-refractivity contribution is -0.120. The molecule has 1 N–H and O–H groups in total. The number of benzene rings is 1.